The Morgan fingerprint density at radius 1 is 1.13 bits per heavy atom. The average molecular weight is 457 g/mol. The quantitative estimate of drug-likeness (QED) is 0.603. The second-order valence-corrected chi connectivity index (χ2v) is 8.43. The number of carbonyl (C=O) groups is 1. The molecule has 1 aliphatic rings. The van der Waals surface area contributed by atoms with Crippen LogP contribution in [0.5, 0.6) is 0 Å². The van der Waals surface area contributed by atoms with Crippen LogP contribution in [0.2, 0.25) is 10.0 Å². The summed E-state index contributed by atoms with van der Waals surface area (Å²) in [5.74, 6) is 1.21. The summed E-state index contributed by atoms with van der Waals surface area (Å²) in [7, 11) is 0. The van der Waals surface area contributed by atoms with Gasteiger partial charge in [0.2, 0.25) is 5.95 Å². The van der Waals surface area contributed by atoms with Crippen LogP contribution in [0.4, 0.5) is 5.95 Å². The number of halogens is 2. The summed E-state index contributed by atoms with van der Waals surface area (Å²) in [5, 5.41) is 4.21. The first-order valence-electron chi connectivity index (χ1n) is 10.1. The molecule has 1 saturated heterocycles. The monoisotopic (exact) mass is 456 g/mol. The van der Waals surface area contributed by atoms with Gasteiger partial charge in [0.05, 0.1) is 29.0 Å². The maximum atomic E-state index is 13.7. The van der Waals surface area contributed by atoms with Crippen molar-refractivity contribution in [2.75, 3.05) is 18.4 Å². The number of amides is 1. The van der Waals surface area contributed by atoms with E-state index in [1.165, 1.54) is 0 Å². The molecular weight excluding hydrogens is 435 g/mol. The molecule has 3 heterocycles. The molecule has 160 valence electrons. The van der Waals surface area contributed by atoms with Gasteiger partial charge in [-0.15, -0.1) is 0 Å². The molecule has 1 aromatic carbocycles. The summed E-state index contributed by atoms with van der Waals surface area (Å²) in [6, 6.07) is 6.96. The Hall–Kier alpha value is -2.77. The van der Waals surface area contributed by atoms with Gasteiger partial charge in [0.25, 0.3) is 5.91 Å². The number of hydrogen-bond donors (Lipinski definition) is 1. The van der Waals surface area contributed by atoms with E-state index < -0.39 is 0 Å². The summed E-state index contributed by atoms with van der Waals surface area (Å²) < 4.78 is 0. The largest absolute Gasteiger partial charge is 0.352 e. The molecule has 7 nitrogen and oxygen atoms in total. The Morgan fingerprint density at radius 3 is 2.61 bits per heavy atom. The van der Waals surface area contributed by atoms with Crippen molar-refractivity contribution in [3.63, 3.8) is 0 Å². The summed E-state index contributed by atoms with van der Waals surface area (Å²) in [4.78, 5) is 32.6. The van der Waals surface area contributed by atoms with Crippen molar-refractivity contribution in [1.82, 2.24) is 24.8 Å². The third-order valence-corrected chi connectivity index (χ3v) is 5.92. The van der Waals surface area contributed by atoms with Gasteiger partial charge in [0, 0.05) is 36.1 Å². The molecule has 0 saturated carbocycles. The molecule has 3 aromatic rings. The topological polar surface area (TPSA) is 83.9 Å². The van der Waals surface area contributed by atoms with Crippen molar-refractivity contribution in [1.29, 1.82) is 0 Å². The first-order valence-corrected chi connectivity index (χ1v) is 10.9. The van der Waals surface area contributed by atoms with Gasteiger partial charge >= 0.3 is 0 Å². The van der Waals surface area contributed by atoms with Crippen LogP contribution in [0.15, 0.2) is 49.1 Å². The van der Waals surface area contributed by atoms with E-state index in [0.717, 1.165) is 12.8 Å². The molecule has 1 fully saturated rings. The Balaban J connectivity index is 1.61. The lowest BCUT2D eigenvalue weighted by Crippen LogP contribution is -2.51. The number of benzene rings is 1. The van der Waals surface area contributed by atoms with Gasteiger partial charge in [-0.25, -0.2) is 19.9 Å². The predicted molar refractivity (Wildman–Crippen MR) is 121 cm³/mol. The Morgan fingerprint density at radius 2 is 1.87 bits per heavy atom. The van der Waals surface area contributed by atoms with Crippen LogP contribution >= 0.6 is 23.2 Å². The highest BCUT2D eigenvalue weighted by atomic mass is 35.5. The van der Waals surface area contributed by atoms with Gasteiger partial charge in [-0.1, -0.05) is 30.1 Å². The molecule has 1 N–H and O–H groups in total. The highest BCUT2D eigenvalue weighted by Crippen LogP contribution is 2.30. The number of carbonyl (C=O) groups excluding carboxylic acids is 1. The van der Waals surface area contributed by atoms with Crippen molar-refractivity contribution in [3.05, 3.63) is 64.7 Å². The van der Waals surface area contributed by atoms with Gasteiger partial charge in [-0.2, -0.15) is 0 Å². The minimum absolute atomic E-state index is 0.0240. The molecule has 0 bridgehead atoms. The zero-order valence-electron chi connectivity index (χ0n) is 17.0. The van der Waals surface area contributed by atoms with E-state index >= 15 is 0 Å². The van der Waals surface area contributed by atoms with E-state index in [4.69, 9.17) is 23.2 Å². The van der Waals surface area contributed by atoms with Crippen molar-refractivity contribution in [2.45, 2.75) is 25.8 Å². The number of nitrogens with one attached hydrogen (secondary N) is 1. The van der Waals surface area contributed by atoms with E-state index in [2.05, 4.69) is 32.2 Å². The van der Waals surface area contributed by atoms with Crippen LogP contribution < -0.4 is 5.32 Å². The molecule has 1 aliphatic heterocycles. The average Bonchev–Trinajstić information content (AvgIpc) is 2.79. The third-order valence-electron chi connectivity index (χ3n) is 5.48. The van der Waals surface area contributed by atoms with Crippen LogP contribution in [0.1, 0.15) is 30.1 Å². The number of likely N-dealkylation sites (tertiary alicyclic amines) is 1. The fourth-order valence-electron chi connectivity index (χ4n) is 3.89. The fourth-order valence-corrected chi connectivity index (χ4v) is 4.16. The highest BCUT2D eigenvalue weighted by Gasteiger charge is 2.33. The highest BCUT2D eigenvalue weighted by molar-refractivity contribution is 6.31. The van der Waals surface area contributed by atoms with Gasteiger partial charge in [0.1, 0.15) is 0 Å². The molecule has 2 aromatic heterocycles. The number of rotatable bonds is 5. The van der Waals surface area contributed by atoms with Gasteiger partial charge in [0.15, 0.2) is 5.82 Å². The molecule has 2 unspecified atom stereocenters. The number of aromatic nitrogens is 4. The van der Waals surface area contributed by atoms with Gasteiger partial charge in [-0.3, -0.25) is 4.79 Å². The lowest BCUT2D eigenvalue weighted by molar-refractivity contribution is 0.0540. The normalized spacial score (nSPS) is 18.6. The molecule has 0 spiro atoms. The minimum atomic E-state index is -0.0830. The molecule has 0 aliphatic carbocycles. The molecule has 31 heavy (non-hydrogen) atoms. The summed E-state index contributed by atoms with van der Waals surface area (Å²) in [6.45, 7) is 3.36. The van der Waals surface area contributed by atoms with E-state index in [9.17, 15) is 4.79 Å². The SMILES string of the molecule is CC1CCCN(C(=O)c2cc(Cl)ccc2-c2ncccn2)C1CNc1ncc(Cl)cn1. The lowest BCUT2D eigenvalue weighted by atomic mass is 9.89. The molecule has 9 heteroatoms. The molecule has 2 atom stereocenters. The van der Waals surface area contributed by atoms with E-state index in [-0.39, 0.29) is 11.9 Å². The van der Waals surface area contributed by atoms with Crippen LogP contribution in [0.3, 0.4) is 0 Å². The molecule has 1 amide bonds. The lowest BCUT2D eigenvalue weighted by Gasteiger charge is -2.40. The van der Waals surface area contributed by atoms with Crippen LogP contribution in [0, 0.1) is 5.92 Å². The zero-order chi connectivity index (χ0) is 21.8. The second-order valence-electron chi connectivity index (χ2n) is 7.55. The smallest absolute Gasteiger partial charge is 0.254 e. The van der Waals surface area contributed by atoms with Crippen molar-refractivity contribution in [2.24, 2.45) is 5.92 Å². The van der Waals surface area contributed by atoms with Crippen LogP contribution in [0.25, 0.3) is 11.4 Å². The van der Waals surface area contributed by atoms with Crippen molar-refractivity contribution < 1.29 is 4.79 Å². The Bertz CT molecular complexity index is 1050. The minimum Gasteiger partial charge on any atom is -0.352 e. The number of piperidine rings is 1. The maximum absolute atomic E-state index is 13.7. The maximum Gasteiger partial charge on any atom is 0.254 e. The Labute approximate surface area is 190 Å². The first-order chi connectivity index (χ1) is 15.0. The summed E-state index contributed by atoms with van der Waals surface area (Å²) in [6.07, 6.45) is 8.39. The fraction of sp³-hybridized carbons (Fsp3) is 0.318. The van der Waals surface area contributed by atoms with Gasteiger partial charge in [-0.05, 0) is 43.0 Å². The van der Waals surface area contributed by atoms with Gasteiger partial charge < -0.3 is 10.2 Å². The zero-order valence-corrected chi connectivity index (χ0v) is 18.5. The number of hydrogen-bond acceptors (Lipinski definition) is 6. The predicted octanol–water partition coefficient (Wildman–Crippen LogP) is 4.59. The summed E-state index contributed by atoms with van der Waals surface area (Å²) >= 11 is 12.1. The van der Waals surface area contributed by atoms with Crippen LogP contribution in [-0.2, 0) is 0 Å². The first kappa shape index (κ1) is 21.5. The second kappa shape index (κ2) is 9.58. The van der Waals surface area contributed by atoms with Crippen LogP contribution in [-0.4, -0.2) is 49.9 Å². The summed E-state index contributed by atoms with van der Waals surface area (Å²) in [5.41, 5.74) is 1.17. The third kappa shape index (κ3) is 4.94. The molecule has 4 rings (SSSR count). The number of anilines is 1. The molecule has 0 radical (unpaired) electrons. The molecular formula is C22H22Cl2N6O. The number of nitrogens with zero attached hydrogens (tertiary/aromatic N) is 5. The van der Waals surface area contributed by atoms with Crippen molar-refractivity contribution in [3.8, 4) is 11.4 Å². The standard InChI is InChI=1S/C22H22Cl2N6O/c1-14-4-2-9-30(19(14)13-29-22-27-11-16(24)12-28-22)21(31)18-10-15(23)5-6-17(18)20-25-7-3-8-26-20/h3,5-8,10-12,14,19H,2,4,9,13H2,1H3,(H,27,28,29). The van der Waals surface area contributed by atoms with Crippen molar-refractivity contribution >= 4 is 35.1 Å². The van der Waals surface area contributed by atoms with E-state index in [0.29, 0.717) is 52.0 Å². The van der Waals surface area contributed by atoms with E-state index in [1.807, 2.05) is 4.90 Å². The van der Waals surface area contributed by atoms with E-state index in [1.54, 1.807) is 49.1 Å². The Kier molecular flexibility index (Phi) is 6.63.